The summed E-state index contributed by atoms with van der Waals surface area (Å²) < 4.78 is 6.07. The second-order valence-corrected chi connectivity index (χ2v) is 6.48. The zero-order valence-corrected chi connectivity index (χ0v) is 11.2. The normalized spacial score (nSPS) is 32.1. The minimum atomic E-state index is 0.0781. The predicted octanol–water partition coefficient (Wildman–Crippen LogP) is 2.29. The van der Waals surface area contributed by atoms with Gasteiger partial charge in [0.2, 0.25) is 0 Å². The molecule has 3 nitrogen and oxygen atoms in total. The number of nitrogens with one attached hydrogen (secondary N) is 1. The number of carbonyl (C=O) groups excluding carboxylic acids is 1. The molecule has 1 atom stereocenters. The van der Waals surface area contributed by atoms with Crippen LogP contribution in [0.25, 0.3) is 0 Å². The van der Waals surface area contributed by atoms with E-state index in [2.05, 4.69) is 5.32 Å². The summed E-state index contributed by atoms with van der Waals surface area (Å²) in [7, 11) is 0. The van der Waals surface area contributed by atoms with Gasteiger partial charge in [-0.05, 0) is 44.7 Å². The molecule has 2 aliphatic heterocycles. The molecule has 0 aromatic heterocycles. The molecule has 0 amide bonds. The van der Waals surface area contributed by atoms with E-state index in [0.29, 0.717) is 11.7 Å². The van der Waals surface area contributed by atoms with Crippen molar-refractivity contribution in [2.45, 2.75) is 57.0 Å². The molecule has 0 radical (unpaired) electrons. The lowest BCUT2D eigenvalue weighted by Gasteiger charge is -2.43. The van der Waals surface area contributed by atoms with Crippen LogP contribution in [0.3, 0.4) is 0 Å². The first-order valence-electron chi connectivity index (χ1n) is 7.65. The van der Waals surface area contributed by atoms with Crippen LogP contribution in [0.1, 0.15) is 51.4 Å². The van der Waals surface area contributed by atoms with Gasteiger partial charge >= 0.3 is 0 Å². The van der Waals surface area contributed by atoms with Crippen molar-refractivity contribution in [1.29, 1.82) is 0 Å². The zero-order chi connectivity index (χ0) is 12.4. The van der Waals surface area contributed by atoms with E-state index >= 15 is 0 Å². The van der Waals surface area contributed by atoms with E-state index in [4.69, 9.17) is 4.74 Å². The molecule has 1 aliphatic carbocycles. The molecule has 3 fully saturated rings. The van der Waals surface area contributed by atoms with Crippen molar-refractivity contribution in [2.24, 2.45) is 11.8 Å². The SMILES string of the molecule is O=C(CC1CNC1)C1CCOC2(CCCCC2)C1. The van der Waals surface area contributed by atoms with Crippen LogP contribution in [0, 0.1) is 11.8 Å². The van der Waals surface area contributed by atoms with Crippen molar-refractivity contribution in [1.82, 2.24) is 5.32 Å². The Kier molecular flexibility index (Phi) is 3.71. The van der Waals surface area contributed by atoms with E-state index in [9.17, 15) is 4.79 Å². The fourth-order valence-corrected chi connectivity index (χ4v) is 3.79. The Morgan fingerprint density at radius 1 is 1.22 bits per heavy atom. The largest absolute Gasteiger partial charge is 0.375 e. The minimum Gasteiger partial charge on any atom is -0.375 e. The Balaban J connectivity index is 1.56. The Bertz CT molecular complexity index is 300. The van der Waals surface area contributed by atoms with Crippen LogP contribution in [0.2, 0.25) is 0 Å². The van der Waals surface area contributed by atoms with Gasteiger partial charge in [-0.25, -0.2) is 0 Å². The van der Waals surface area contributed by atoms with Gasteiger partial charge < -0.3 is 10.1 Å². The number of carbonyl (C=O) groups is 1. The van der Waals surface area contributed by atoms with Gasteiger partial charge in [0.1, 0.15) is 5.78 Å². The molecule has 2 saturated heterocycles. The summed E-state index contributed by atoms with van der Waals surface area (Å²) in [6.07, 6.45) is 9.04. The van der Waals surface area contributed by atoms with Gasteiger partial charge in [-0.2, -0.15) is 0 Å². The molecule has 0 bridgehead atoms. The molecular weight excluding hydrogens is 226 g/mol. The molecule has 1 spiro atoms. The predicted molar refractivity (Wildman–Crippen MR) is 70.5 cm³/mol. The monoisotopic (exact) mass is 251 g/mol. The molecular formula is C15H25NO2. The number of hydrogen-bond acceptors (Lipinski definition) is 3. The molecule has 1 unspecified atom stereocenters. The fraction of sp³-hybridized carbons (Fsp3) is 0.933. The summed E-state index contributed by atoms with van der Waals surface area (Å²) in [6.45, 7) is 2.89. The standard InChI is InChI=1S/C15H25NO2/c17-14(8-12-10-16-11-12)13-4-7-18-15(9-13)5-2-1-3-6-15/h12-13,16H,1-11H2. The molecule has 3 heteroatoms. The van der Waals surface area contributed by atoms with Gasteiger partial charge in [-0.1, -0.05) is 19.3 Å². The maximum atomic E-state index is 12.3. The van der Waals surface area contributed by atoms with Crippen LogP contribution in [0.5, 0.6) is 0 Å². The lowest BCUT2D eigenvalue weighted by molar-refractivity contribution is -0.143. The van der Waals surface area contributed by atoms with Crippen LogP contribution in [0.15, 0.2) is 0 Å². The van der Waals surface area contributed by atoms with Crippen molar-refractivity contribution in [2.75, 3.05) is 19.7 Å². The van der Waals surface area contributed by atoms with Gasteiger partial charge in [-0.15, -0.1) is 0 Å². The van der Waals surface area contributed by atoms with Crippen LogP contribution in [-0.2, 0) is 9.53 Å². The van der Waals surface area contributed by atoms with Gasteiger partial charge in [0.15, 0.2) is 0 Å². The summed E-state index contributed by atoms with van der Waals surface area (Å²) in [6, 6.07) is 0. The fourth-order valence-electron chi connectivity index (χ4n) is 3.79. The minimum absolute atomic E-state index is 0.0781. The number of hydrogen-bond donors (Lipinski definition) is 1. The summed E-state index contributed by atoms with van der Waals surface area (Å²) in [5, 5.41) is 3.25. The highest BCUT2D eigenvalue weighted by Gasteiger charge is 2.40. The third kappa shape index (κ3) is 2.62. The van der Waals surface area contributed by atoms with Gasteiger partial charge in [0.05, 0.1) is 5.60 Å². The van der Waals surface area contributed by atoms with Gasteiger partial charge in [-0.3, -0.25) is 4.79 Å². The second kappa shape index (κ2) is 5.30. The quantitative estimate of drug-likeness (QED) is 0.836. The number of ketones is 1. The molecule has 0 aromatic rings. The maximum absolute atomic E-state index is 12.3. The molecule has 18 heavy (non-hydrogen) atoms. The first-order chi connectivity index (χ1) is 8.77. The van der Waals surface area contributed by atoms with Crippen LogP contribution >= 0.6 is 0 Å². The number of Topliss-reactive ketones (excluding diaryl/α,β-unsaturated/α-hetero) is 1. The van der Waals surface area contributed by atoms with Crippen molar-refractivity contribution in [3.63, 3.8) is 0 Å². The van der Waals surface area contributed by atoms with E-state index in [1.807, 2.05) is 0 Å². The van der Waals surface area contributed by atoms with E-state index in [1.54, 1.807) is 0 Å². The third-order valence-electron chi connectivity index (χ3n) is 5.07. The maximum Gasteiger partial charge on any atom is 0.136 e. The molecule has 1 N–H and O–H groups in total. The molecule has 3 aliphatic rings. The van der Waals surface area contributed by atoms with Gasteiger partial charge in [0, 0.05) is 18.9 Å². The highest BCUT2D eigenvalue weighted by Crippen LogP contribution is 2.41. The Morgan fingerprint density at radius 2 is 2.00 bits per heavy atom. The Hall–Kier alpha value is -0.410. The second-order valence-electron chi connectivity index (χ2n) is 6.48. The molecule has 2 heterocycles. The summed E-state index contributed by atoms with van der Waals surface area (Å²) in [5.74, 6) is 1.41. The zero-order valence-electron chi connectivity index (χ0n) is 11.2. The van der Waals surface area contributed by atoms with E-state index in [1.165, 1.54) is 32.1 Å². The summed E-state index contributed by atoms with van der Waals surface area (Å²) in [5.41, 5.74) is 0.0781. The van der Waals surface area contributed by atoms with Crippen LogP contribution in [-0.4, -0.2) is 31.1 Å². The lowest BCUT2D eigenvalue weighted by atomic mass is 9.74. The van der Waals surface area contributed by atoms with Crippen molar-refractivity contribution >= 4 is 5.78 Å². The van der Waals surface area contributed by atoms with Crippen LogP contribution in [0.4, 0.5) is 0 Å². The van der Waals surface area contributed by atoms with E-state index < -0.39 is 0 Å². The highest BCUT2D eigenvalue weighted by atomic mass is 16.5. The Morgan fingerprint density at radius 3 is 2.67 bits per heavy atom. The average molecular weight is 251 g/mol. The summed E-state index contributed by atoms with van der Waals surface area (Å²) in [4.78, 5) is 12.3. The molecule has 1 saturated carbocycles. The first kappa shape index (κ1) is 12.6. The van der Waals surface area contributed by atoms with E-state index in [-0.39, 0.29) is 11.5 Å². The van der Waals surface area contributed by atoms with Crippen LogP contribution < -0.4 is 5.32 Å². The summed E-state index contributed by atoms with van der Waals surface area (Å²) >= 11 is 0. The molecule has 3 rings (SSSR count). The van der Waals surface area contributed by atoms with Crippen molar-refractivity contribution in [3.8, 4) is 0 Å². The smallest absolute Gasteiger partial charge is 0.136 e. The van der Waals surface area contributed by atoms with Crippen molar-refractivity contribution in [3.05, 3.63) is 0 Å². The average Bonchev–Trinajstić information content (AvgIpc) is 2.34. The molecule has 102 valence electrons. The topological polar surface area (TPSA) is 38.3 Å². The third-order valence-corrected chi connectivity index (χ3v) is 5.07. The lowest BCUT2D eigenvalue weighted by Crippen LogP contribution is -2.46. The number of rotatable bonds is 3. The first-order valence-corrected chi connectivity index (χ1v) is 7.65. The molecule has 0 aromatic carbocycles. The van der Waals surface area contributed by atoms with E-state index in [0.717, 1.165) is 39.0 Å². The highest BCUT2D eigenvalue weighted by molar-refractivity contribution is 5.81. The number of ether oxygens (including phenoxy) is 1. The van der Waals surface area contributed by atoms with Gasteiger partial charge in [0.25, 0.3) is 0 Å². The van der Waals surface area contributed by atoms with Crippen molar-refractivity contribution < 1.29 is 9.53 Å². The Labute approximate surface area is 110 Å².